The minimum Gasteiger partial charge on any atom is -0.461 e. The Balaban J connectivity index is 1.37. The lowest BCUT2D eigenvalue weighted by molar-refractivity contribution is 0.107. The van der Waals surface area contributed by atoms with Crippen molar-refractivity contribution in [3.63, 3.8) is 0 Å². The summed E-state index contributed by atoms with van der Waals surface area (Å²) in [6, 6.07) is 11.8. The number of pyridine rings is 1. The molecule has 4 aromatic rings. The molecule has 4 atom stereocenters. The molecule has 0 unspecified atom stereocenters. The highest BCUT2D eigenvalue weighted by atomic mass is 19.1. The van der Waals surface area contributed by atoms with Crippen LogP contribution in [0.5, 0.6) is 6.01 Å². The van der Waals surface area contributed by atoms with Gasteiger partial charge < -0.3 is 15.0 Å². The molecule has 3 aliphatic rings. The predicted molar refractivity (Wildman–Crippen MR) is 161 cm³/mol. The van der Waals surface area contributed by atoms with E-state index in [-0.39, 0.29) is 41.5 Å². The molecule has 5 heterocycles. The Bertz CT molecular complexity index is 1720. The molecule has 0 aliphatic carbocycles. The lowest BCUT2D eigenvalue weighted by Crippen LogP contribution is -2.54. The Morgan fingerprint density at radius 3 is 2.83 bits per heavy atom. The number of ether oxygens (including phenoxy) is 1. The number of terminal acetylenes is 1. The number of benzene rings is 2. The second-order valence-corrected chi connectivity index (χ2v) is 12.0. The van der Waals surface area contributed by atoms with E-state index in [0.29, 0.717) is 41.8 Å². The van der Waals surface area contributed by atoms with Gasteiger partial charge in [-0.1, -0.05) is 36.3 Å². The molecule has 216 valence electrons. The first-order valence-electron chi connectivity index (χ1n) is 14.7. The Labute approximate surface area is 244 Å². The third kappa shape index (κ3) is 4.45. The van der Waals surface area contributed by atoms with Crippen molar-refractivity contribution in [2.45, 2.75) is 56.9 Å². The third-order valence-corrected chi connectivity index (χ3v) is 9.23. The van der Waals surface area contributed by atoms with Gasteiger partial charge in [0.05, 0.1) is 10.9 Å². The van der Waals surface area contributed by atoms with Crippen molar-refractivity contribution < 1.29 is 13.5 Å². The van der Waals surface area contributed by atoms with Gasteiger partial charge in [-0.05, 0) is 44.7 Å². The van der Waals surface area contributed by atoms with Gasteiger partial charge in [0.2, 0.25) is 0 Å². The number of aromatic nitrogens is 3. The van der Waals surface area contributed by atoms with Crippen LogP contribution in [0.15, 0.2) is 42.6 Å². The largest absolute Gasteiger partial charge is 0.461 e. The number of halogens is 2. The smallest absolute Gasteiger partial charge is 0.319 e. The molecule has 1 N–H and O–H groups in total. The zero-order valence-electron chi connectivity index (χ0n) is 23.9. The molecule has 3 saturated heterocycles. The van der Waals surface area contributed by atoms with Crippen LogP contribution in [-0.4, -0.2) is 76.4 Å². The fourth-order valence-electron chi connectivity index (χ4n) is 7.12. The summed E-state index contributed by atoms with van der Waals surface area (Å²) in [4.78, 5) is 18.5. The Morgan fingerprint density at radius 2 is 2.00 bits per heavy atom. The molecule has 0 amide bonds. The molecule has 3 fully saturated rings. The van der Waals surface area contributed by atoms with Crippen molar-refractivity contribution >= 4 is 27.5 Å². The summed E-state index contributed by atoms with van der Waals surface area (Å²) in [5, 5.41) is 5.69. The molecular formula is C33H34F2N6O. The highest BCUT2D eigenvalue weighted by Crippen LogP contribution is 2.41. The number of hydrogen-bond donors (Lipinski definition) is 1. The molecule has 0 spiro atoms. The van der Waals surface area contributed by atoms with Crippen LogP contribution >= 0.6 is 0 Å². The SMILES string of the molecule is C#Cc1cccc2cccc(-c3ncc4c(N5C[C@H](C)NC[C@H]5C)nc(OC[C@@]56CCCN5C[C@H](F)C6)nc4c3F)c12. The van der Waals surface area contributed by atoms with Gasteiger partial charge in [0, 0.05) is 60.8 Å². The van der Waals surface area contributed by atoms with Gasteiger partial charge in [0.1, 0.15) is 29.8 Å². The zero-order valence-corrected chi connectivity index (χ0v) is 23.9. The lowest BCUT2D eigenvalue weighted by Gasteiger charge is -2.39. The molecule has 7 nitrogen and oxygen atoms in total. The maximum Gasteiger partial charge on any atom is 0.319 e. The van der Waals surface area contributed by atoms with Crippen LogP contribution in [0.2, 0.25) is 0 Å². The quantitative estimate of drug-likeness (QED) is 0.336. The summed E-state index contributed by atoms with van der Waals surface area (Å²) >= 11 is 0. The molecule has 42 heavy (non-hydrogen) atoms. The second kappa shape index (κ2) is 10.4. The van der Waals surface area contributed by atoms with Gasteiger partial charge in [-0.15, -0.1) is 6.42 Å². The summed E-state index contributed by atoms with van der Waals surface area (Å²) < 4.78 is 37.4. The number of hydrogen-bond acceptors (Lipinski definition) is 7. The molecular weight excluding hydrogens is 534 g/mol. The van der Waals surface area contributed by atoms with E-state index in [1.807, 2.05) is 36.4 Å². The van der Waals surface area contributed by atoms with Crippen molar-refractivity contribution in [2.75, 3.05) is 37.7 Å². The maximum atomic E-state index is 16.7. The minimum absolute atomic E-state index is 0.0951. The molecule has 0 bridgehead atoms. The van der Waals surface area contributed by atoms with Crippen molar-refractivity contribution in [2.24, 2.45) is 0 Å². The Hall–Kier alpha value is -3.87. The van der Waals surface area contributed by atoms with E-state index in [4.69, 9.17) is 16.1 Å². The highest BCUT2D eigenvalue weighted by molar-refractivity contribution is 6.02. The lowest BCUT2D eigenvalue weighted by atomic mass is 9.95. The summed E-state index contributed by atoms with van der Waals surface area (Å²) in [5.74, 6) is 2.77. The first-order chi connectivity index (χ1) is 20.4. The molecule has 0 radical (unpaired) electrons. The first-order valence-corrected chi connectivity index (χ1v) is 14.7. The molecule has 2 aromatic heterocycles. The fourth-order valence-corrected chi connectivity index (χ4v) is 7.12. The van der Waals surface area contributed by atoms with Crippen LogP contribution < -0.4 is 15.0 Å². The number of rotatable bonds is 5. The molecule has 3 aliphatic heterocycles. The zero-order chi connectivity index (χ0) is 29.0. The Morgan fingerprint density at radius 1 is 1.17 bits per heavy atom. The number of fused-ring (bicyclic) bond motifs is 3. The number of alkyl halides is 1. The predicted octanol–water partition coefficient (Wildman–Crippen LogP) is 5.11. The van der Waals surface area contributed by atoms with E-state index >= 15 is 4.39 Å². The Kier molecular flexibility index (Phi) is 6.71. The standard InChI is InChI=1S/C33H34F2N6O/c1-4-22-8-5-9-23-10-6-11-25(27(22)23)29-28(35)30-26(16-37-29)31(41-17-20(2)36-15-21(41)3)39-32(38-30)42-19-33-12-7-13-40(33)18-24(34)14-33/h1,5-6,8-11,16,20-21,24,36H,7,12-15,17-19H2,2-3H3/t20-,21+,24+,33-/m0/s1. The van der Waals surface area contributed by atoms with Crippen LogP contribution in [0.25, 0.3) is 32.9 Å². The van der Waals surface area contributed by atoms with Crippen molar-refractivity contribution in [3.8, 4) is 29.6 Å². The number of piperazine rings is 1. The maximum absolute atomic E-state index is 16.7. The summed E-state index contributed by atoms with van der Waals surface area (Å²) in [6.07, 6.45) is 8.92. The van der Waals surface area contributed by atoms with Gasteiger partial charge in [0.25, 0.3) is 0 Å². The van der Waals surface area contributed by atoms with Gasteiger partial charge in [-0.3, -0.25) is 9.88 Å². The van der Waals surface area contributed by atoms with Gasteiger partial charge in [0.15, 0.2) is 5.82 Å². The van der Waals surface area contributed by atoms with Gasteiger partial charge >= 0.3 is 6.01 Å². The average Bonchev–Trinajstić information content (AvgIpc) is 3.52. The van der Waals surface area contributed by atoms with Crippen molar-refractivity contribution in [3.05, 3.63) is 54.0 Å². The normalized spacial score (nSPS) is 26.1. The fraction of sp³-hybridized carbons (Fsp3) is 0.424. The van der Waals surface area contributed by atoms with E-state index in [1.165, 1.54) is 0 Å². The van der Waals surface area contributed by atoms with E-state index in [1.54, 1.807) is 6.20 Å². The molecule has 7 rings (SSSR count). The average molecular weight is 569 g/mol. The first kappa shape index (κ1) is 27.0. The second-order valence-electron chi connectivity index (χ2n) is 12.0. The minimum atomic E-state index is -0.871. The van der Waals surface area contributed by atoms with Crippen molar-refractivity contribution in [1.82, 2.24) is 25.2 Å². The van der Waals surface area contributed by atoms with E-state index in [9.17, 15) is 4.39 Å². The van der Waals surface area contributed by atoms with Crippen LogP contribution in [0, 0.1) is 18.2 Å². The van der Waals surface area contributed by atoms with Crippen molar-refractivity contribution in [1.29, 1.82) is 0 Å². The summed E-state index contributed by atoms with van der Waals surface area (Å²) in [5.41, 5.74) is 1.22. The van der Waals surface area contributed by atoms with Crippen LogP contribution in [0.1, 0.15) is 38.7 Å². The molecule has 0 saturated carbocycles. The highest BCUT2D eigenvalue weighted by Gasteiger charge is 2.49. The van der Waals surface area contributed by atoms with Crippen LogP contribution in [-0.2, 0) is 0 Å². The van der Waals surface area contributed by atoms with E-state index in [2.05, 4.69) is 44.9 Å². The van der Waals surface area contributed by atoms with Gasteiger partial charge in [-0.2, -0.15) is 9.97 Å². The molecule has 9 heteroatoms. The van der Waals surface area contributed by atoms with Crippen LogP contribution in [0.3, 0.4) is 0 Å². The monoisotopic (exact) mass is 568 g/mol. The summed E-state index contributed by atoms with van der Waals surface area (Å²) in [6.45, 7) is 7.22. The topological polar surface area (TPSA) is 66.4 Å². The van der Waals surface area contributed by atoms with Gasteiger partial charge in [-0.25, -0.2) is 8.78 Å². The van der Waals surface area contributed by atoms with E-state index in [0.717, 1.165) is 36.7 Å². The van der Waals surface area contributed by atoms with E-state index < -0.39 is 12.0 Å². The number of anilines is 1. The van der Waals surface area contributed by atoms with Crippen LogP contribution in [0.4, 0.5) is 14.6 Å². The third-order valence-electron chi connectivity index (χ3n) is 9.23. The molecule has 2 aromatic carbocycles. The summed E-state index contributed by atoms with van der Waals surface area (Å²) in [7, 11) is 0. The number of nitrogens with one attached hydrogen (secondary N) is 1. The number of nitrogens with zero attached hydrogens (tertiary/aromatic N) is 5.